The lowest BCUT2D eigenvalue weighted by Crippen LogP contribution is -2.35. The van der Waals surface area contributed by atoms with Crippen LogP contribution in [0.4, 0.5) is 4.79 Å². The Morgan fingerprint density at radius 3 is 2.00 bits per heavy atom. The molecule has 0 aromatic carbocycles. The Morgan fingerprint density at radius 2 is 1.64 bits per heavy atom. The van der Waals surface area contributed by atoms with Gasteiger partial charge in [0.2, 0.25) is 0 Å². The fourth-order valence-corrected chi connectivity index (χ4v) is 0.954. The molecular formula is C11H21NO2. The minimum Gasteiger partial charge on any atom is -0.444 e. The highest BCUT2D eigenvalue weighted by atomic mass is 16.6. The quantitative estimate of drug-likeness (QED) is 0.561. The maximum absolute atomic E-state index is 11.3. The monoisotopic (exact) mass is 199 g/mol. The lowest BCUT2D eigenvalue weighted by molar-refractivity contribution is 0.0304. The first-order chi connectivity index (χ1) is 6.49. The van der Waals surface area contributed by atoms with Gasteiger partial charge in [-0.15, -0.1) is 0 Å². The number of amides is 1. The van der Waals surface area contributed by atoms with Crippen LogP contribution in [0, 0.1) is 0 Å². The standard InChI is InChI=1S/C9H15NO2.C2H6/c1-9(2,3)12-8(11)10-6-4-5-7-10;1-2/h4-5H,6-7H2,1-3H3;1-2H3. The first kappa shape index (κ1) is 13.0. The zero-order valence-electron chi connectivity index (χ0n) is 9.83. The van der Waals surface area contributed by atoms with Crippen LogP contribution in [0.15, 0.2) is 12.2 Å². The molecule has 3 nitrogen and oxygen atoms in total. The third-order valence-electron chi connectivity index (χ3n) is 1.47. The molecule has 0 saturated carbocycles. The molecule has 0 radical (unpaired) electrons. The fraction of sp³-hybridized carbons (Fsp3) is 0.727. The predicted molar refractivity (Wildman–Crippen MR) is 58.3 cm³/mol. The van der Waals surface area contributed by atoms with Crippen molar-refractivity contribution in [3.05, 3.63) is 12.2 Å². The highest BCUT2D eigenvalue weighted by molar-refractivity contribution is 5.69. The third kappa shape index (κ3) is 4.90. The summed E-state index contributed by atoms with van der Waals surface area (Å²) in [5, 5.41) is 0. The minimum atomic E-state index is -0.389. The third-order valence-corrected chi connectivity index (χ3v) is 1.47. The van der Waals surface area contributed by atoms with Gasteiger partial charge in [-0.25, -0.2) is 4.79 Å². The zero-order valence-corrected chi connectivity index (χ0v) is 9.83. The lowest BCUT2D eigenvalue weighted by Gasteiger charge is -2.23. The largest absolute Gasteiger partial charge is 0.444 e. The number of hydrogen-bond acceptors (Lipinski definition) is 2. The molecule has 1 aliphatic rings. The van der Waals surface area contributed by atoms with Crippen molar-refractivity contribution in [2.45, 2.75) is 40.2 Å². The number of hydrogen-bond donors (Lipinski definition) is 0. The molecule has 3 heteroatoms. The molecule has 1 rings (SSSR count). The molecule has 0 aromatic rings. The normalized spacial score (nSPS) is 14.8. The van der Waals surface area contributed by atoms with Crippen LogP contribution >= 0.6 is 0 Å². The molecule has 14 heavy (non-hydrogen) atoms. The van der Waals surface area contributed by atoms with E-state index in [-0.39, 0.29) is 11.7 Å². The van der Waals surface area contributed by atoms with Gasteiger partial charge in [-0.1, -0.05) is 26.0 Å². The van der Waals surface area contributed by atoms with Crippen molar-refractivity contribution in [2.24, 2.45) is 0 Å². The van der Waals surface area contributed by atoms with E-state index >= 15 is 0 Å². The molecule has 82 valence electrons. The molecule has 0 atom stereocenters. The highest BCUT2D eigenvalue weighted by Crippen LogP contribution is 2.11. The second-order valence-electron chi connectivity index (χ2n) is 3.86. The van der Waals surface area contributed by atoms with Gasteiger partial charge in [0.1, 0.15) is 5.60 Å². The van der Waals surface area contributed by atoms with E-state index in [9.17, 15) is 4.79 Å². The molecule has 0 aliphatic carbocycles. The van der Waals surface area contributed by atoms with Crippen molar-refractivity contribution < 1.29 is 9.53 Å². The first-order valence-electron chi connectivity index (χ1n) is 5.12. The summed E-state index contributed by atoms with van der Waals surface area (Å²) < 4.78 is 5.17. The van der Waals surface area contributed by atoms with E-state index in [0.29, 0.717) is 13.1 Å². The lowest BCUT2D eigenvalue weighted by atomic mass is 10.2. The van der Waals surface area contributed by atoms with Gasteiger partial charge in [-0.2, -0.15) is 0 Å². The summed E-state index contributed by atoms with van der Waals surface area (Å²) in [5.41, 5.74) is -0.389. The summed E-state index contributed by atoms with van der Waals surface area (Å²) in [4.78, 5) is 13.0. The Morgan fingerprint density at radius 1 is 1.21 bits per heavy atom. The summed E-state index contributed by atoms with van der Waals surface area (Å²) in [6.07, 6.45) is 3.70. The molecule has 0 bridgehead atoms. The molecule has 1 amide bonds. The summed E-state index contributed by atoms with van der Waals surface area (Å²) >= 11 is 0. The van der Waals surface area contributed by atoms with Crippen LogP contribution in [0.1, 0.15) is 34.6 Å². The molecule has 1 aliphatic heterocycles. The average Bonchev–Trinajstić information content (AvgIpc) is 2.56. The van der Waals surface area contributed by atoms with Gasteiger partial charge in [0, 0.05) is 13.1 Å². The first-order valence-corrected chi connectivity index (χ1v) is 5.12. The maximum atomic E-state index is 11.3. The predicted octanol–water partition coefficient (Wildman–Crippen LogP) is 2.82. The van der Waals surface area contributed by atoms with Crippen molar-refractivity contribution >= 4 is 6.09 Å². The summed E-state index contributed by atoms with van der Waals surface area (Å²) in [6, 6.07) is 0. The molecule has 1 heterocycles. The molecule has 0 spiro atoms. The van der Waals surface area contributed by atoms with Gasteiger partial charge in [0.05, 0.1) is 0 Å². The molecule has 0 saturated heterocycles. The van der Waals surface area contributed by atoms with E-state index in [1.165, 1.54) is 0 Å². The van der Waals surface area contributed by atoms with Crippen molar-refractivity contribution in [3.63, 3.8) is 0 Å². The van der Waals surface area contributed by atoms with Gasteiger partial charge in [0.25, 0.3) is 0 Å². The van der Waals surface area contributed by atoms with Crippen molar-refractivity contribution in [1.82, 2.24) is 4.90 Å². The van der Waals surface area contributed by atoms with Crippen LogP contribution in [0.3, 0.4) is 0 Å². The summed E-state index contributed by atoms with van der Waals surface area (Å²) in [5.74, 6) is 0. The van der Waals surface area contributed by atoms with Crippen LogP contribution in [-0.2, 0) is 4.74 Å². The maximum Gasteiger partial charge on any atom is 0.410 e. The van der Waals surface area contributed by atoms with Crippen LogP contribution in [-0.4, -0.2) is 29.7 Å². The van der Waals surface area contributed by atoms with Gasteiger partial charge in [0.15, 0.2) is 0 Å². The van der Waals surface area contributed by atoms with Gasteiger partial charge < -0.3 is 9.64 Å². The van der Waals surface area contributed by atoms with Crippen LogP contribution in [0.5, 0.6) is 0 Å². The molecule has 0 N–H and O–H groups in total. The molecular weight excluding hydrogens is 178 g/mol. The van der Waals surface area contributed by atoms with E-state index < -0.39 is 0 Å². The van der Waals surface area contributed by atoms with Gasteiger partial charge in [-0.05, 0) is 20.8 Å². The van der Waals surface area contributed by atoms with E-state index in [4.69, 9.17) is 4.74 Å². The SMILES string of the molecule is CC.CC(C)(C)OC(=O)N1CC=CC1. The van der Waals surface area contributed by atoms with Gasteiger partial charge in [-0.3, -0.25) is 0 Å². The summed E-state index contributed by atoms with van der Waals surface area (Å²) in [7, 11) is 0. The van der Waals surface area contributed by atoms with Crippen molar-refractivity contribution in [3.8, 4) is 0 Å². The number of carbonyl (C=O) groups excluding carboxylic acids is 1. The zero-order chi connectivity index (χ0) is 11.2. The van der Waals surface area contributed by atoms with Gasteiger partial charge >= 0.3 is 6.09 Å². The number of carbonyl (C=O) groups is 1. The fourth-order valence-electron chi connectivity index (χ4n) is 0.954. The Hall–Kier alpha value is -0.990. The van der Waals surface area contributed by atoms with Crippen molar-refractivity contribution in [1.29, 1.82) is 0 Å². The molecule has 0 fully saturated rings. The minimum absolute atomic E-state index is 0.229. The van der Waals surface area contributed by atoms with Crippen molar-refractivity contribution in [2.75, 3.05) is 13.1 Å². The van der Waals surface area contributed by atoms with E-state index in [2.05, 4.69) is 0 Å². The summed E-state index contributed by atoms with van der Waals surface area (Å²) in [6.45, 7) is 11.0. The number of nitrogens with zero attached hydrogens (tertiary/aromatic N) is 1. The Kier molecular flexibility index (Phi) is 5.28. The van der Waals surface area contributed by atoms with E-state index in [0.717, 1.165) is 0 Å². The van der Waals surface area contributed by atoms with Crippen LogP contribution in [0.25, 0.3) is 0 Å². The van der Waals surface area contributed by atoms with Crippen LogP contribution < -0.4 is 0 Å². The Bertz CT molecular complexity index is 196. The Labute approximate surface area is 86.7 Å². The smallest absolute Gasteiger partial charge is 0.410 e. The second kappa shape index (κ2) is 5.68. The van der Waals surface area contributed by atoms with E-state index in [1.807, 2.05) is 46.8 Å². The molecule has 0 unspecified atom stereocenters. The second-order valence-corrected chi connectivity index (χ2v) is 3.86. The number of ether oxygens (including phenoxy) is 1. The average molecular weight is 199 g/mol. The highest BCUT2D eigenvalue weighted by Gasteiger charge is 2.21. The van der Waals surface area contributed by atoms with Crippen LogP contribution in [0.2, 0.25) is 0 Å². The van der Waals surface area contributed by atoms with E-state index in [1.54, 1.807) is 4.90 Å². The topological polar surface area (TPSA) is 29.5 Å². The number of rotatable bonds is 0. The molecule has 0 aromatic heterocycles. The Balaban J connectivity index is 0.000000791.